The van der Waals surface area contributed by atoms with Gasteiger partial charge in [-0.25, -0.2) is 0 Å². The number of carbonyl (C=O) groups is 1. The maximum atomic E-state index is 12.3. The summed E-state index contributed by atoms with van der Waals surface area (Å²) in [4.78, 5) is 11.3. The van der Waals surface area contributed by atoms with Gasteiger partial charge in [0.05, 0.1) is 12.6 Å². The van der Waals surface area contributed by atoms with Gasteiger partial charge in [-0.15, -0.1) is 6.42 Å². The zero-order chi connectivity index (χ0) is 10.4. The van der Waals surface area contributed by atoms with Crippen molar-refractivity contribution >= 4 is 5.97 Å². The van der Waals surface area contributed by atoms with Crippen LogP contribution < -0.4 is 0 Å². The van der Waals surface area contributed by atoms with Crippen molar-refractivity contribution in [2.75, 3.05) is 13.3 Å². The minimum atomic E-state index is -0.272. The molecule has 0 saturated heterocycles. The van der Waals surface area contributed by atoms with E-state index in [0.717, 1.165) is 25.7 Å². The average molecular weight is 198 g/mol. The van der Waals surface area contributed by atoms with E-state index in [1.807, 2.05) is 0 Å². The maximum Gasteiger partial charge on any atom is 0.309 e. The predicted octanol–water partition coefficient (Wildman–Crippen LogP) is 1.94. The summed E-state index contributed by atoms with van der Waals surface area (Å²) in [5, 5.41) is 0. The summed E-state index contributed by atoms with van der Waals surface area (Å²) in [6, 6.07) is 0. The number of halogens is 1. The first kappa shape index (κ1) is 11.0. The largest absolute Gasteiger partial charge is 0.452 e. The highest BCUT2D eigenvalue weighted by Crippen LogP contribution is 2.29. The fraction of sp³-hybridized carbons (Fsp3) is 0.727. The molecule has 2 nitrogen and oxygen atoms in total. The van der Waals surface area contributed by atoms with E-state index in [4.69, 9.17) is 11.2 Å². The quantitative estimate of drug-likeness (QED) is 0.511. The Bertz CT molecular complexity index is 224. The molecule has 14 heavy (non-hydrogen) atoms. The van der Waals surface area contributed by atoms with Crippen molar-refractivity contribution in [3.8, 4) is 12.3 Å². The molecule has 1 saturated carbocycles. The van der Waals surface area contributed by atoms with Crippen LogP contribution in [0.4, 0.5) is 4.39 Å². The standard InChI is InChI=1S/C11H15FO2/c1-2-7-14-11(13)10-5-3-9(8-12)4-6-10/h1,9-10H,3-8H2. The number of terminal acetylenes is 1. The first-order chi connectivity index (χ1) is 6.77. The summed E-state index contributed by atoms with van der Waals surface area (Å²) in [6.45, 7) is -0.228. The number of hydrogen-bond donors (Lipinski definition) is 0. The van der Waals surface area contributed by atoms with Gasteiger partial charge in [0.25, 0.3) is 0 Å². The van der Waals surface area contributed by atoms with E-state index >= 15 is 0 Å². The second-order valence-corrected chi connectivity index (χ2v) is 3.68. The second kappa shape index (κ2) is 5.64. The molecule has 0 amide bonds. The molecule has 1 rings (SSSR count). The van der Waals surface area contributed by atoms with Gasteiger partial charge in [0.1, 0.15) is 0 Å². The average Bonchev–Trinajstić information content (AvgIpc) is 2.26. The van der Waals surface area contributed by atoms with Gasteiger partial charge in [-0.3, -0.25) is 9.18 Å². The normalized spacial score (nSPS) is 26.6. The third-order valence-electron chi connectivity index (χ3n) is 2.70. The highest BCUT2D eigenvalue weighted by atomic mass is 19.1. The molecule has 1 aliphatic carbocycles. The number of ether oxygens (including phenoxy) is 1. The molecule has 1 aliphatic rings. The van der Waals surface area contributed by atoms with Crippen LogP contribution in [-0.4, -0.2) is 19.3 Å². The van der Waals surface area contributed by atoms with E-state index in [1.54, 1.807) is 0 Å². The molecule has 0 atom stereocenters. The Balaban J connectivity index is 2.27. The SMILES string of the molecule is C#CCOC(=O)C1CCC(CF)CC1. The minimum absolute atomic E-state index is 0.0435. The van der Waals surface area contributed by atoms with Gasteiger partial charge in [-0.1, -0.05) is 5.92 Å². The molecular weight excluding hydrogens is 183 g/mol. The van der Waals surface area contributed by atoms with Gasteiger partial charge >= 0.3 is 5.97 Å². The van der Waals surface area contributed by atoms with Crippen molar-refractivity contribution in [3.63, 3.8) is 0 Å². The summed E-state index contributed by atoms with van der Waals surface area (Å²) in [6.07, 6.45) is 8.01. The van der Waals surface area contributed by atoms with Crippen molar-refractivity contribution in [3.05, 3.63) is 0 Å². The zero-order valence-electron chi connectivity index (χ0n) is 8.17. The molecule has 0 aliphatic heterocycles. The first-order valence-electron chi connectivity index (χ1n) is 4.94. The van der Waals surface area contributed by atoms with Crippen LogP contribution in [0.15, 0.2) is 0 Å². The zero-order valence-corrected chi connectivity index (χ0v) is 8.17. The molecule has 78 valence electrons. The Hall–Kier alpha value is -1.04. The van der Waals surface area contributed by atoms with Crippen LogP contribution in [0.3, 0.4) is 0 Å². The van der Waals surface area contributed by atoms with E-state index < -0.39 is 0 Å². The Kier molecular flexibility index (Phi) is 4.45. The molecular formula is C11H15FO2. The van der Waals surface area contributed by atoms with Crippen molar-refractivity contribution in [2.45, 2.75) is 25.7 Å². The molecule has 0 aromatic carbocycles. The fourth-order valence-corrected chi connectivity index (χ4v) is 1.78. The number of carbonyl (C=O) groups excluding carboxylic acids is 1. The van der Waals surface area contributed by atoms with E-state index in [2.05, 4.69) is 5.92 Å². The van der Waals surface area contributed by atoms with Crippen LogP contribution in [0.5, 0.6) is 0 Å². The fourth-order valence-electron chi connectivity index (χ4n) is 1.78. The van der Waals surface area contributed by atoms with Crippen molar-refractivity contribution < 1.29 is 13.9 Å². The summed E-state index contributed by atoms with van der Waals surface area (Å²) >= 11 is 0. The number of alkyl halides is 1. The highest BCUT2D eigenvalue weighted by Gasteiger charge is 2.26. The Morgan fingerprint density at radius 2 is 2.07 bits per heavy atom. The molecule has 0 N–H and O–H groups in total. The monoisotopic (exact) mass is 198 g/mol. The van der Waals surface area contributed by atoms with Gasteiger partial charge in [0, 0.05) is 0 Å². The van der Waals surface area contributed by atoms with E-state index in [1.165, 1.54) is 0 Å². The Labute approximate surface area is 83.8 Å². The Morgan fingerprint density at radius 1 is 1.43 bits per heavy atom. The number of hydrogen-bond acceptors (Lipinski definition) is 2. The molecule has 3 heteroatoms. The number of esters is 1. The summed E-state index contributed by atoms with van der Waals surface area (Å²) in [5.74, 6) is 2.11. The van der Waals surface area contributed by atoms with Crippen molar-refractivity contribution in [1.82, 2.24) is 0 Å². The Morgan fingerprint density at radius 3 is 2.57 bits per heavy atom. The number of rotatable bonds is 3. The molecule has 0 heterocycles. The highest BCUT2D eigenvalue weighted by molar-refractivity contribution is 5.72. The molecule has 0 radical (unpaired) electrons. The van der Waals surface area contributed by atoms with Crippen LogP contribution in [0.2, 0.25) is 0 Å². The lowest BCUT2D eigenvalue weighted by Gasteiger charge is -2.24. The lowest BCUT2D eigenvalue weighted by atomic mass is 9.83. The molecule has 0 unspecified atom stereocenters. The van der Waals surface area contributed by atoms with Crippen LogP contribution in [-0.2, 0) is 9.53 Å². The van der Waals surface area contributed by atoms with Gasteiger partial charge in [-0.2, -0.15) is 0 Å². The molecule has 1 fully saturated rings. The van der Waals surface area contributed by atoms with E-state index in [0.29, 0.717) is 0 Å². The van der Waals surface area contributed by atoms with Gasteiger partial charge in [-0.05, 0) is 31.6 Å². The lowest BCUT2D eigenvalue weighted by molar-refractivity contribution is -0.148. The summed E-state index contributed by atoms with van der Waals surface area (Å²) < 4.78 is 17.1. The third-order valence-corrected chi connectivity index (χ3v) is 2.70. The second-order valence-electron chi connectivity index (χ2n) is 3.68. The summed E-state index contributed by atoms with van der Waals surface area (Å²) in [7, 11) is 0. The molecule has 0 aromatic heterocycles. The molecule has 0 spiro atoms. The van der Waals surface area contributed by atoms with Crippen LogP contribution >= 0.6 is 0 Å². The smallest absolute Gasteiger partial charge is 0.309 e. The first-order valence-corrected chi connectivity index (χ1v) is 4.94. The van der Waals surface area contributed by atoms with Crippen LogP contribution in [0, 0.1) is 24.2 Å². The maximum absolute atomic E-state index is 12.3. The summed E-state index contributed by atoms with van der Waals surface area (Å²) in [5.41, 5.74) is 0. The molecule has 0 bridgehead atoms. The minimum Gasteiger partial charge on any atom is -0.452 e. The molecule has 0 aromatic rings. The van der Waals surface area contributed by atoms with Gasteiger partial charge in [0.2, 0.25) is 0 Å². The van der Waals surface area contributed by atoms with Crippen molar-refractivity contribution in [2.24, 2.45) is 11.8 Å². The predicted molar refractivity (Wildman–Crippen MR) is 51.2 cm³/mol. The lowest BCUT2D eigenvalue weighted by Crippen LogP contribution is -2.24. The van der Waals surface area contributed by atoms with Gasteiger partial charge in [0.15, 0.2) is 6.61 Å². The van der Waals surface area contributed by atoms with Crippen LogP contribution in [0.1, 0.15) is 25.7 Å². The topological polar surface area (TPSA) is 26.3 Å². The van der Waals surface area contributed by atoms with Gasteiger partial charge < -0.3 is 4.74 Å². The third kappa shape index (κ3) is 3.02. The van der Waals surface area contributed by atoms with Crippen LogP contribution in [0.25, 0.3) is 0 Å². The van der Waals surface area contributed by atoms with E-state index in [9.17, 15) is 9.18 Å². The van der Waals surface area contributed by atoms with E-state index in [-0.39, 0.29) is 31.1 Å². The van der Waals surface area contributed by atoms with Crippen molar-refractivity contribution in [1.29, 1.82) is 0 Å².